The molecule has 1 fully saturated rings. The van der Waals surface area contributed by atoms with Crippen molar-refractivity contribution in [2.45, 2.75) is 6.18 Å². The van der Waals surface area contributed by atoms with Crippen molar-refractivity contribution in [3.8, 4) is 0 Å². The summed E-state index contributed by atoms with van der Waals surface area (Å²) in [4.78, 5) is 26.7. The molecule has 1 saturated heterocycles. The van der Waals surface area contributed by atoms with Gasteiger partial charge in [0.25, 0.3) is 5.91 Å². The molecule has 11 heteroatoms. The van der Waals surface area contributed by atoms with Crippen molar-refractivity contribution in [2.75, 3.05) is 41.8 Å². The number of amides is 2. The highest BCUT2D eigenvalue weighted by Gasteiger charge is 2.30. The van der Waals surface area contributed by atoms with E-state index >= 15 is 0 Å². The van der Waals surface area contributed by atoms with Crippen molar-refractivity contribution in [2.24, 2.45) is 0 Å². The van der Waals surface area contributed by atoms with Crippen LogP contribution in [0.4, 0.5) is 30.5 Å². The summed E-state index contributed by atoms with van der Waals surface area (Å²) in [7, 11) is 0. The first-order valence-corrected chi connectivity index (χ1v) is 11.0. The second-order valence-electron chi connectivity index (χ2n) is 7.86. The molecule has 8 nitrogen and oxygen atoms in total. The Balaban J connectivity index is 1.35. The molecule has 0 aliphatic carbocycles. The summed E-state index contributed by atoms with van der Waals surface area (Å²) in [5.74, 6) is -0.111. The number of morpholine rings is 1. The highest BCUT2D eigenvalue weighted by molar-refractivity contribution is 6.05. The first kappa shape index (κ1) is 24.9. The number of halogens is 3. The zero-order valence-electron chi connectivity index (χ0n) is 19.0. The molecule has 1 aliphatic heterocycles. The number of rotatable bonds is 6. The molecular weight excluding hydrogens is 475 g/mol. The minimum absolute atomic E-state index is 0.120. The molecule has 2 heterocycles. The van der Waals surface area contributed by atoms with Gasteiger partial charge < -0.3 is 20.3 Å². The summed E-state index contributed by atoms with van der Waals surface area (Å²) in [6, 6.07) is 14.1. The molecule has 186 valence electrons. The minimum Gasteiger partial charge on any atom is -0.378 e. The van der Waals surface area contributed by atoms with Gasteiger partial charge in [0, 0.05) is 30.4 Å². The Bertz CT molecular complexity index is 1260. The number of alkyl halides is 3. The Morgan fingerprint density at radius 3 is 2.44 bits per heavy atom. The Hall–Kier alpha value is -4.25. The van der Waals surface area contributed by atoms with E-state index in [2.05, 4.69) is 20.8 Å². The van der Waals surface area contributed by atoms with Crippen molar-refractivity contribution in [3.05, 3.63) is 83.4 Å². The minimum atomic E-state index is -4.54. The number of nitrogens with zero attached hydrogens (tertiary/aromatic N) is 3. The van der Waals surface area contributed by atoms with Crippen LogP contribution in [0.25, 0.3) is 6.08 Å². The quantitative estimate of drug-likeness (QED) is 0.495. The van der Waals surface area contributed by atoms with Gasteiger partial charge in [0.1, 0.15) is 0 Å². The van der Waals surface area contributed by atoms with Crippen molar-refractivity contribution in [1.82, 2.24) is 10.2 Å². The van der Waals surface area contributed by atoms with Gasteiger partial charge in [0.2, 0.25) is 5.91 Å². The van der Waals surface area contributed by atoms with Gasteiger partial charge in [-0.2, -0.15) is 13.2 Å². The fourth-order valence-electron chi connectivity index (χ4n) is 3.45. The first-order chi connectivity index (χ1) is 17.3. The SMILES string of the molecule is O=C(/C=C/c1cccc(NC(=O)c2cccc(C(F)(F)F)c2)c1)Nc1ccc(N2CCOCC2)nn1. The number of ether oxygens (including phenoxy) is 1. The van der Waals surface area contributed by atoms with Crippen LogP contribution in [-0.4, -0.2) is 48.3 Å². The lowest BCUT2D eigenvalue weighted by Crippen LogP contribution is -2.36. The van der Waals surface area contributed by atoms with E-state index in [0.29, 0.717) is 36.1 Å². The van der Waals surface area contributed by atoms with E-state index in [1.165, 1.54) is 24.3 Å². The smallest absolute Gasteiger partial charge is 0.378 e. The normalized spacial score (nSPS) is 14.0. The topological polar surface area (TPSA) is 96.5 Å². The largest absolute Gasteiger partial charge is 0.416 e. The van der Waals surface area contributed by atoms with Crippen LogP contribution in [0, 0.1) is 0 Å². The summed E-state index contributed by atoms with van der Waals surface area (Å²) in [6.07, 6.45) is -1.71. The molecule has 2 amide bonds. The summed E-state index contributed by atoms with van der Waals surface area (Å²) in [6.45, 7) is 2.70. The average molecular weight is 497 g/mol. The number of hydrogen-bond acceptors (Lipinski definition) is 6. The van der Waals surface area contributed by atoms with Crippen LogP contribution >= 0.6 is 0 Å². The van der Waals surface area contributed by atoms with Gasteiger partial charge in [-0.15, -0.1) is 10.2 Å². The van der Waals surface area contributed by atoms with Crippen LogP contribution in [0.1, 0.15) is 21.5 Å². The van der Waals surface area contributed by atoms with Crippen LogP contribution < -0.4 is 15.5 Å². The van der Waals surface area contributed by atoms with Crippen molar-refractivity contribution in [1.29, 1.82) is 0 Å². The molecule has 36 heavy (non-hydrogen) atoms. The third-order valence-corrected chi connectivity index (χ3v) is 5.26. The second kappa shape index (κ2) is 11.0. The number of anilines is 3. The molecule has 1 aliphatic rings. The molecule has 0 unspecified atom stereocenters. The first-order valence-electron chi connectivity index (χ1n) is 11.0. The maximum atomic E-state index is 12.9. The van der Waals surface area contributed by atoms with E-state index in [-0.39, 0.29) is 5.56 Å². The molecule has 2 aromatic carbocycles. The summed E-state index contributed by atoms with van der Waals surface area (Å²) in [5, 5.41) is 13.4. The fourth-order valence-corrected chi connectivity index (χ4v) is 3.45. The predicted octanol–water partition coefficient (Wildman–Crippen LogP) is 4.24. The van der Waals surface area contributed by atoms with E-state index in [1.54, 1.807) is 36.4 Å². The van der Waals surface area contributed by atoms with Crippen LogP contribution in [0.5, 0.6) is 0 Å². The Labute approximate surface area is 204 Å². The molecule has 3 aromatic rings. The zero-order valence-corrected chi connectivity index (χ0v) is 19.0. The molecular formula is C25H22F3N5O3. The lowest BCUT2D eigenvalue weighted by molar-refractivity contribution is -0.137. The van der Waals surface area contributed by atoms with E-state index in [1.807, 2.05) is 4.90 Å². The van der Waals surface area contributed by atoms with E-state index in [4.69, 9.17) is 4.74 Å². The van der Waals surface area contributed by atoms with E-state index in [0.717, 1.165) is 25.2 Å². The van der Waals surface area contributed by atoms with Crippen molar-refractivity contribution >= 4 is 35.2 Å². The van der Waals surface area contributed by atoms with Crippen molar-refractivity contribution in [3.63, 3.8) is 0 Å². The van der Waals surface area contributed by atoms with E-state index in [9.17, 15) is 22.8 Å². The lowest BCUT2D eigenvalue weighted by atomic mass is 10.1. The van der Waals surface area contributed by atoms with Crippen LogP contribution in [0.2, 0.25) is 0 Å². The molecule has 0 atom stereocenters. The molecule has 0 bridgehead atoms. The molecule has 0 saturated carbocycles. The number of benzene rings is 2. The number of carbonyl (C=O) groups is 2. The van der Waals surface area contributed by atoms with Crippen LogP contribution in [0.15, 0.2) is 66.7 Å². The van der Waals surface area contributed by atoms with Crippen molar-refractivity contribution < 1.29 is 27.5 Å². The predicted molar refractivity (Wildman–Crippen MR) is 129 cm³/mol. The molecule has 4 rings (SSSR count). The summed E-state index contributed by atoms with van der Waals surface area (Å²) >= 11 is 0. The third kappa shape index (κ3) is 6.66. The average Bonchev–Trinajstić information content (AvgIpc) is 2.88. The number of aromatic nitrogens is 2. The van der Waals surface area contributed by atoms with E-state index < -0.39 is 23.6 Å². The lowest BCUT2D eigenvalue weighted by Gasteiger charge is -2.27. The zero-order chi connectivity index (χ0) is 25.5. The second-order valence-corrected chi connectivity index (χ2v) is 7.86. The van der Waals surface area contributed by atoms with Gasteiger partial charge in [-0.05, 0) is 54.1 Å². The van der Waals surface area contributed by atoms with Gasteiger partial charge in [-0.25, -0.2) is 0 Å². The number of carbonyl (C=O) groups excluding carboxylic acids is 2. The van der Waals surface area contributed by atoms with Gasteiger partial charge in [0.15, 0.2) is 11.6 Å². The maximum Gasteiger partial charge on any atom is 0.416 e. The third-order valence-electron chi connectivity index (χ3n) is 5.26. The van der Waals surface area contributed by atoms with Crippen LogP contribution in [0.3, 0.4) is 0 Å². The van der Waals surface area contributed by atoms with Crippen LogP contribution in [-0.2, 0) is 15.7 Å². The fraction of sp³-hybridized carbons (Fsp3) is 0.200. The van der Waals surface area contributed by atoms with Gasteiger partial charge in [0.05, 0.1) is 18.8 Å². The Morgan fingerprint density at radius 1 is 0.944 bits per heavy atom. The molecule has 1 aromatic heterocycles. The summed E-state index contributed by atoms with van der Waals surface area (Å²) in [5.41, 5.74) is -0.0607. The summed E-state index contributed by atoms with van der Waals surface area (Å²) < 4.78 is 44.0. The standard InChI is InChI=1S/C25H22F3N5O3/c26-25(27,28)19-5-2-4-18(16-19)24(35)29-20-6-1-3-17(15-20)7-10-23(34)30-21-8-9-22(32-31-21)33-11-13-36-14-12-33/h1-10,15-16H,11-14H2,(H,29,35)(H,30,31,34)/b10-7+. The number of nitrogens with one attached hydrogen (secondary N) is 2. The number of hydrogen-bond donors (Lipinski definition) is 2. The Morgan fingerprint density at radius 2 is 1.72 bits per heavy atom. The highest BCUT2D eigenvalue weighted by Crippen LogP contribution is 2.29. The molecule has 0 spiro atoms. The molecule has 2 N–H and O–H groups in total. The maximum absolute atomic E-state index is 12.9. The monoisotopic (exact) mass is 497 g/mol. The van der Waals surface area contributed by atoms with Gasteiger partial charge in [-0.1, -0.05) is 18.2 Å². The van der Waals surface area contributed by atoms with Gasteiger partial charge in [-0.3, -0.25) is 9.59 Å². The highest BCUT2D eigenvalue weighted by atomic mass is 19.4. The Kier molecular flexibility index (Phi) is 7.59. The molecule has 0 radical (unpaired) electrons. The van der Waals surface area contributed by atoms with Gasteiger partial charge >= 0.3 is 6.18 Å².